The number of rotatable bonds is 3. The highest BCUT2D eigenvalue weighted by Gasteiger charge is 2.25. The SMILES string of the molecule is Cl.NCC1CCCCC1NC(=O)c1cccs1. The fraction of sp³-hybridized carbons (Fsp3) is 0.583. The average Bonchev–Trinajstić information content (AvgIpc) is 2.83. The Morgan fingerprint density at radius 3 is 2.88 bits per heavy atom. The van der Waals surface area contributed by atoms with Crippen molar-refractivity contribution in [2.24, 2.45) is 11.7 Å². The molecule has 0 aliphatic heterocycles. The Morgan fingerprint density at radius 1 is 1.47 bits per heavy atom. The Morgan fingerprint density at radius 2 is 2.24 bits per heavy atom. The van der Waals surface area contributed by atoms with Crippen LogP contribution in [-0.4, -0.2) is 18.5 Å². The summed E-state index contributed by atoms with van der Waals surface area (Å²) in [6.07, 6.45) is 4.66. The zero-order chi connectivity index (χ0) is 11.4. The lowest BCUT2D eigenvalue weighted by molar-refractivity contribution is 0.0912. The van der Waals surface area contributed by atoms with Gasteiger partial charge in [0.05, 0.1) is 4.88 Å². The minimum Gasteiger partial charge on any atom is -0.348 e. The van der Waals surface area contributed by atoms with Crippen molar-refractivity contribution in [3.05, 3.63) is 22.4 Å². The summed E-state index contributed by atoms with van der Waals surface area (Å²) < 4.78 is 0. The van der Waals surface area contributed by atoms with Crippen LogP contribution in [0.5, 0.6) is 0 Å². The number of halogens is 1. The third-order valence-electron chi connectivity index (χ3n) is 3.27. The molecule has 1 aliphatic rings. The molecule has 1 heterocycles. The van der Waals surface area contributed by atoms with Crippen LogP contribution in [0.25, 0.3) is 0 Å². The lowest BCUT2D eigenvalue weighted by Crippen LogP contribution is -2.44. The van der Waals surface area contributed by atoms with Crippen LogP contribution < -0.4 is 11.1 Å². The van der Waals surface area contributed by atoms with Crippen molar-refractivity contribution in [2.45, 2.75) is 31.7 Å². The van der Waals surface area contributed by atoms with Gasteiger partial charge in [-0.1, -0.05) is 18.9 Å². The second-order valence-corrected chi connectivity index (χ2v) is 5.29. The molecule has 2 rings (SSSR count). The van der Waals surface area contributed by atoms with Crippen LogP contribution in [0.2, 0.25) is 0 Å². The van der Waals surface area contributed by atoms with Gasteiger partial charge in [-0.15, -0.1) is 23.7 Å². The monoisotopic (exact) mass is 274 g/mol. The summed E-state index contributed by atoms with van der Waals surface area (Å²) in [5, 5.41) is 5.04. The largest absolute Gasteiger partial charge is 0.348 e. The van der Waals surface area contributed by atoms with Gasteiger partial charge in [0.25, 0.3) is 5.91 Å². The molecule has 0 aromatic carbocycles. The highest BCUT2D eigenvalue weighted by molar-refractivity contribution is 7.12. The number of nitrogens with one attached hydrogen (secondary N) is 1. The maximum Gasteiger partial charge on any atom is 0.261 e. The molecular formula is C12H19ClN2OS. The van der Waals surface area contributed by atoms with Crippen molar-refractivity contribution in [3.8, 4) is 0 Å². The zero-order valence-corrected chi connectivity index (χ0v) is 11.4. The number of carbonyl (C=O) groups excluding carboxylic acids is 1. The molecule has 0 bridgehead atoms. The maximum absolute atomic E-state index is 11.9. The van der Waals surface area contributed by atoms with Crippen molar-refractivity contribution in [3.63, 3.8) is 0 Å². The van der Waals surface area contributed by atoms with Crippen LogP contribution >= 0.6 is 23.7 Å². The number of hydrogen-bond donors (Lipinski definition) is 2. The van der Waals surface area contributed by atoms with Gasteiger partial charge in [0, 0.05) is 6.04 Å². The summed E-state index contributed by atoms with van der Waals surface area (Å²) in [4.78, 5) is 12.7. The minimum absolute atomic E-state index is 0. The van der Waals surface area contributed by atoms with E-state index < -0.39 is 0 Å². The van der Waals surface area contributed by atoms with Crippen LogP contribution in [0, 0.1) is 5.92 Å². The minimum atomic E-state index is 0. The topological polar surface area (TPSA) is 55.1 Å². The molecule has 1 amide bonds. The molecule has 1 aliphatic carbocycles. The fourth-order valence-electron chi connectivity index (χ4n) is 2.33. The Bertz CT molecular complexity index is 342. The molecular weight excluding hydrogens is 256 g/mol. The van der Waals surface area contributed by atoms with E-state index in [1.54, 1.807) is 0 Å². The quantitative estimate of drug-likeness (QED) is 0.889. The van der Waals surface area contributed by atoms with Crippen molar-refractivity contribution < 1.29 is 4.79 Å². The molecule has 0 radical (unpaired) electrons. The van der Waals surface area contributed by atoms with Crippen LogP contribution in [0.3, 0.4) is 0 Å². The highest BCUT2D eigenvalue weighted by Crippen LogP contribution is 2.24. The van der Waals surface area contributed by atoms with Crippen molar-refractivity contribution in [2.75, 3.05) is 6.54 Å². The molecule has 3 N–H and O–H groups in total. The normalized spacial score (nSPS) is 23.8. The van der Waals surface area contributed by atoms with E-state index in [9.17, 15) is 4.79 Å². The van der Waals surface area contributed by atoms with Gasteiger partial charge in [-0.05, 0) is 36.8 Å². The summed E-state index contributed by atoms with van der Waals surface area (Å²) in [5.41, 5.74) is 5.74. The first-order valence-electron chi connectivity index (χ1n) is 5.85. The average molecular weight is 275 g/mol. The van der Waals surface area contributed by atoms with Crippen LogP contribution in [0.1, 0.15) is 35.4 Å². The van der Waals surface area contributed by atoms with E-state index in [1.165, 1.54) is 24.2 Å². The van der Waals surface area contributed by atoms with Gasteiger partial charge >= 0.3 is 0 Å². The van der Waals surface area contributed by atoms with Crippen molar-refractivity contribution >= 4 is 29.7 Å². The van der Waals surface area contributed by atoms with Gasteiger partial charge in [-0.2, -0.15) is 0 Å². The Kier molecular flexibility index (Phi) is 5.95. The van der Waals surface area contributed by atoms with Crippen LogP contribution in [-0.2, 0) is 0 Å². The summed E-state index contributed by atoms with van der Waals surface area (Å²) in [6, 6.07) is 4.04. The molecule has 17 heavy (non-hydrogen) atoms. The number of nitrogens with two attached hydrogens (primary N) is 1. The number of thiophene rings is 1. The molecule has 1 fully saturated rings. The molecule has 2 atom stereocenters. The van der Waals surface area contributed by atoms with Crippen molar-refractivity contribution in [1.29, 1.82) is 0 Å². The predicted octanol–water partition coefficient (Wildman–Crippen LogP) is 2.42. The predicted molar refractivity (Wildman–Crippen MR) is 73.8 cm³/mol. The summed E-state index contributed by atoms with van der Waals surface area (Å²) in [7, 11) is 0. The smallest absolute Gasteiger partial charge is 0.261 e. The molecule has 0 saturated heterocycles. The fourth-order valence-corrected chi connectivity index (χ4v) is 2.95. The van der Waals surface area contributed by atoms with E-state index in [-0.39, 0.29) is 24.4 Å². The molecule has 1 aromatic rings. The molecule has 96 valence electrons. The summed E-state index contributed by atoms with van der Waals surface area (Å²) >= 11 is 1.49. The second-order valence-electron chi connectivity index (χ2n) is 4.34. The van der Waals surface area contributed by atoms with Crippen LogP contribution in [0.15, 0.2) is 17.5 Å². The van der Waals surface area contributed by atoms with E-state index in [1.807, 2.05) is 17.5 Å². The van der Waals surface area contributed by atoms with Crippen LogP contribution in [0.4, 0.5) is 0 Å². The standard InChI is InChI=1S/C12H18N2OS.ClH/c13-8-9-4-1-2-5-10(9)14-12(15)11-6-3-7-16-11;/h3,6-7,9-10H,1-2,4-5,8,13H2,(H,14,15);1H. The van der Waals surface area contributed by atoms with E-state index in [2.05, 4.69) is 5.32 Å². The summed E-state index contributed by atoms with van der Waals surface area (Å²) in [6.45, 7) is 0.676. The number of amides is 1. The Balaban J connectivity index is 0.00000144. The Labute approximate surface area is 112 Å². The van der Waals surface area contributed by atoms with Crippen molar-refractivity contribution in [1.82, 2.24) is 5.32 Å². The van der Waals surface area contributed by atoms with Gasteiger partial charge in [0.1, 0.15) is 0 Å². The molecule has 5 heteroatoms. The van der Waals surface area contributed by atoms with E-state index >= 15 is 0 Å². The summed E-state index contributed by atoms with van der Waals surface area (Å²) in [5.74, 6) is 0.512. The van der Waals surface area contributed by atoms with E-state index in [4.69, 9.17) is 5.73 Å². The third-order valence-corrected chi connectivity index (χ3v) is 4.14. The number of carbonyl (C=O) groups is 1. The second kappa shape index (κ2) is 6.99. The van der Waals surface area contributed by atoms with E-state index in [0.717, 1.165) is 17.7 Å². The molecule has 2 unspecified atom stereocenters. The van der Waals surface area contributed by atoms with Gasteiger partial charge in [0.15, 0.2) is 0 Å². The van der Waals surface area contributed by atoms with Gasteiger partial charge < -0.3 is 11.1 Å². The van der Waals surface area contributed by atoms with E-state index in [0.29, 0.717) is 12.5 Å². The van der Waals surface area contributed by atoms with Gasteiger partial charge in [0.2, 0.25) is 0 Å². The first-order chi connectivity index (χ1) is 7.81. The molecule has 0 spiro atoms. The van der Waals surface area contributed by atoms with Gasteiger partial charge in [-0.25, -0.2) is 0 Å². The molecule has 1 aromatic heterocycles. The molecule has 3 nitrogen and oxygen atoms in total. The first kappa shape index (κ1) is 14.5. The lowest BCUT2D eigenvalue weighted by atomic mass is 9.84. The third kappa shape index (κ3) is 3.69. The lowest BCUT2D eigenvalue weighted by Gasteiger charge is -2.31. The maximum atomic E-state index is 11.9. The highest BCUT2D eigenvalue weighted by atomic mass is 35.5. The first-order valence-corrected chi connectivity index (χ1v) is 6.73. The van der Waals surface area contributed by atoms with Gasteiger partial charge in [-0.3, -0.25) is 4.79 Å². The zero-order valence-electron chi connectivity index (χ0n) is 9.72. The number of hydrogen-bond acceptors (Lipinski definition) is 3. The molecule has 1 saturated carbocycles. The Hall–Kier alpha value is -0.580.